The third-order valence-electron chi connectivity index (χ3n) is 4.69. The predicted molar refractivity (Wildman–Crippen MR) is 117 cm³/mol. The lowest BCUT2D eigenvalue weighted by Crippen LogP contribution is -2.38. The highest BCUT2D eigenvalue weighted by Gasteiger charge is 2.40. The quantitative estimate of drug-likeness (QED) is 0.620. The summed E-state index contributed by atoms with van der Waals surface area (Å²) >= 11 is 0. The maximum absolute atomic E-state index is 13.2. The standard InChI is InChI=1S/C24H28N2O4/c1-5-15-30-18-13-11-17(12-14-18)21-22(24(28)26(16(3)4)23(21)27)25-19-9-7-8-10-20(19)29-6-2/h7-14,16,25H,5-6,15H2,1-4H3. The van der Waals surface area contributed by atoms with Gasteiger partial charge in [0, 0.05) is 6.04 Å². The molecule has 1 heterocycles. The maximum Gasteiger partial charge on any atom is 0.278 e. The van der Waals surface area contributed by atoms with Gasteiger partial charge in [-0.1, -0.05) is 31.2 Å². The van der Waals surface area contributed by atoms with Crippen LogP contribution in [0.15, 0.2) is 54.2 Å². The van der Waals surface area contributed by atoms with Crippen LogP contribution in [-0.4, -0.2) is 36.0 Å². The van der Waals surface area contributed by atoms with E-state index in [2.05, 4.69) is 5.32 Å². The van der Waals surface area contributed by atoms with Crippen LogP contribution in [0.2, 0.25) is 0 Å². The van der Waals surface area contributed by atoms with Crippen LogP contribution < -0.4 is 14.8 Å². The lowest BCUT2D eigenvalue weighted by Gasteiger charge is -2.19. The molecule has 30 heavy (non-hydrogen) atoms. The molecule has 0 saturated heterocycles. The van der Waals surface area contributed by atoms with Crippen molar-refractivity contribution < 1.29 is 19.1 Å². The van der Waals surface area contributed by atoms with Crippen molar-refractivity contribution >= 4 is 23.1 Å². The minimum Gasteiger partial charge on any atom is -0.494 e. The molecule has 0 saturated carbocycles. The molecule has 3 rings (SSSR count). The van der Waals surface area contributed by atoms with Crippen LogP contribution in [0.3, 0.4) is 0 Å². The number of benzene rings is 2. The first-order chi connectivity index (χ1) is 14.5. The van der Waals surface area contributed by atoms with Crippen LogP contribution >= 0.6 is 0 Å². The van der Waals surface area contributed by atoms with Crippen LogP contribution in [0.25, 0.3) is 5.57 Å². The van der Waals surface area contributed by atoms with Gasteiger partial charge in [-0.05, 0) is 57.0 Å². The van der Waals surface area contributed by atoms with Crippen molar-refractivity contribution in [3.63, 3.8) is 0 Å². The summed E-state index contributed by atoms with van der Waals surface area (Å²) < 4.78 is 11.3. The summed E-state index contributed by atoms with van der Waals surface area (Å²) in [5.74, 6) is 0.699. The van der Waals surface area contributed by atoms with E-state index >= 15 is 0 Å². The Morgan fingerprint density at radius 2 is 1.63 bits per heavy atom. The molecule has 0 spiro atoms. The number of imide groups is 1. The first-order valence-corrected chi connectivity index (χ1v) is 10.3. The second-order valence-corrected chi connectivity index (χ2v) is 7.25. The first-order valence-electron chi connectivity index (χ1n) is 10.3. The van der Waals surface area contributed by atoms with Crippen molar-refractivity contribution in [2.75, 3.05) is 18.5 Å². The second kappa shape index (κ2) is 9.48. The summed E-state index contributed by atoms with van der Waals surface area (Å²) in [6.07, 6.45) is 0.913. The molecule has 0 radical (unpaired) electrons. The topological polar surface area (TPSA) is 67.9 Å². The van der Waals surface area contributed by atoms with E-state index in [4.69, 9.17) is 9.47 Å². The van der Waals surface area contributed by atoms with Gasteiger partial charge in [0.05, 0.1) is 24.5 Å². The Kier molecular flexibility index (Phi) is 6.77. The molecule has 1 aliphatic heterocycles. The highest BCUT2D eigenvalue weighted by molar-refractivity contribution is 6.36. The lowest BCUT2D eigenvalue weighted by molar-refractivity contribution is -0.138. The van der Waals surface area contributed by atoms with Crippen LogP contribution in [0, 0.1) is 0 Å². The molecule has 0 atom stereocenters. The van der Waals surface area contributed by atoms with Crippen LogP contribution in [-0.2, 0) is 9.59 Å². The fourth-order valence-corrected chi connectivity index (χ4v) is 3.32. The average molecular weight is 408 g/mol. The Hall–Kier alpha value is -3.28. The SMILES string of the molecule is CCCOc1ccc(C2=C(Nc3ccccc3OCC)C(=O)N(C(C)C)C2=O)cc1. The normalized spacial score (nSPS) is 14.0. The molecule has 158 valence electrons. The van der Waals surface area contributed by atoms with E-state index in [0.29, 0.717) is 35.8 Å². The smallest absolute Gasteiger partial charge is 0.278 e. The average Bonchev–Trinajstić information content (AvgIpc) is 2.98. The minimum atomic E-state index is -0.345. The summed E-state index contributed by atoms with van der Waals surface area (Å²) in [6, 6.07) is 14.4. The molecule has 2 aromatic rings. The number of carbonyl (C=O) groups is 2. The van der Waals surface area contributed by atoms with Gasteiger partial charge in [-0.15, -0.1) is 0 Å². The molecular formula is C24H28N2O4. The maximum atomic E-state index is 13.2. The summed E-state index contributed by atoms with van der Waals surface area (Å²) in [7, 11) is 0. The zero-order chi connectivity index (χ0) is 21.7. The van der Waals surface area contributed by atoms with Crippen LogP contribution in [0.4, 0.5) is 5.69 Å². The van der Waals surface area contributed by atoms with Gasteiger partial charge in [0.1, 0.15) is 17.2 Å². The molecule has 6 heteroatoms. The van der Waals surface area contributed by atoms with Gasteiger partial charge in [0.25, 0.3) is 11.8 Å². The van der Waals surface area contributed by atoms with Gasteiger partial charge < -0.3 is 14.8 Å². The van der Waals surface area contributed by atoms with Crippen molar-refractivity contribution in [3.8, 4) is 11.5 Å². The number of carbonyl (C=O) groups excluding carboxylic acids is 2. The van der Waals surface area contributed by atoms with Gasteiger partial charge in [-0.3, -0.25) is 14.5 Å². The Labute approximate surface area is 177 Å². The van der Waals surface area contributed by atoms with Gasteiger partial charge in [0.2, 0.25) is 0 Å². The fourth-order valence-electron chi connectivity index (χ4n) is 3.32. The highest BCUT2D eigenvalue weighted by Crippen LogP contribution is 2.34. The fraction of sp³-hybridized carbons (Fsp3) is 0.333. The summed E-state index contributed by atoms with van der Waals surface area (Å²) in [4.78, 5) is 27.6. The third-order valence-corrected chi connectivity index (χ3v) is 4.69. The molecule has 1 aliphatic rings. The number of ether oxygens (including phenoxy) is 2. The van der Waals surface area contributed by atoms with Gasteiger partial charge in [0.15, 0.2) is 0 Å². The Morgan fingerprint density at radius 3 is 2.27 bits per heavy atom. The monoisotopic (exact) mass is 408 g/mol. The molecule has 1 N–H and O–H groups in total. The molecule has 0 unspecified atom stereocenters. The second-order valence-electron chi connectivity index (χ2n) is 7.25. The van der Waals surface area contributed by atoms with E-state index in [9.17, 15) is 9.59 Å². The van der Waals surface area contributed by atoms with E-state index < -0.39 is 0 Å². The van der Waals surface area contributed by atoms with Crippen LogP contribution in [0.1, 0.15) is 39.7 Å². The molecule has 6 nitrogen and oxygen atoms in total. The van der Waals surface area contributed by atoms with E-state index in [1.807, 2.05) is 76.2 Å². The number of hydrogen-bond donors (Lipinski definition) is 1. The van der Waals surface area contributed by atoms with E-state index in [1.165, 1.54) is 4.90 Å². The van der Waals surface area contributed by atoms with Crippen molar-refractivity contribution in [1.82, 2.24) is 4.90 Å². The third kappa shape index (κ3) is 4.32. The Bertz CT molecular complexity index is 948. The van der Waals surface area contributed by atoms with Crippen LogP contribution in [0.5, 0.6) is 11.5 Å². The minimum absolute atomic E-state index is 0.253. The van der Waals surface area contributed by atoms with E-state index in [0.717, 1.165) is 12.2 Å². The molecule has 0 bridgehead atoms. The van der Waals surface area contributed by atoms with Gasteiger partial charge >= 0.3 is 0 Å². The van der Waals surface area contributed by atoms with E-state index in [1.54, 1.807) is 0 Å². The largest absolute Gasteiger partial charge is 0.494 e. The molecule has 0 aromatic heterocycles. The molecule has 0 aliphatic carbocycles. The van der Waals surface area contributed by atoms with Crippen molar-refractivity contribution in [1.29, 1.82) is 0 Å². The number of anilines is 1. The Balaban J connectivity index is 2.03. The van der Waals surface area contributed by atoms with Gasteiger partial charge in [-0.25, -0.2) is 0 Å². The summed E-state index contributed by atoms with van der Waals surface area (Å²) in [5, 5.41) is 3.17. The number of hydrogen-bond acceptors (Lipinski definition) is 5. The van der Waals surface area contributed by atoms with Crippen molar-refractivity contribution in [2.24, 2.45) is 0 Å². The van der Waals surface area contributed by atoms with Crippen molar-refractivity contribution in [2.45, 2.75) is 40.2 Å². The summed E-state index contributed by atoms with van der Waals surface area (Å²) in [5.41, 5.74) is 1.91. The zero-order valence-electron chi connectivity index (χ0n) is 17.9. The Morgan fingerprint density at radius 1 is 0.933 bits per heavy atom. The molecule has 0 fully saturated rings. The number of para-hydroxylation sites is 2. The molecule has 2 amide bonds. The summed E-state index contributed by atoms with van der Waals surface area (Å²) in [6.45, 7) is 8.71. The molecular weight excluding hydrogens is 380 g/mol. The lowest BCUT2D eigenvalue weighted by atomic mass is 10.0. The zero-order valence-corrected chi connectivity index (χ0v) is 17.9. The number of rotatable bonds is 9. The van der Waals surface area contributed by atoms with Gasteiger partial charge in [-0.2, -0.15) is 0 Å². The van der Waals surface area contributed by atoms with E-state index in [-0.39, 0.29) is 23.6 Å². The predicted octanol–water partition coefficient (Wildman–Crippen LogP) is 4.47. The number of nitrogens with zero attached hydrogens (tertiary/aromatic N) is 1. The number of nitrogens with one attached hydrogen (secondary N) is 1. The highest BCUT2D eigenvalue weighted by atomic mass is 16.5. The number of amides is 2. The van der Waals surface area contributed by atoms with Crippen molar-refractivity contribution in [3.05, 3.63) is 59.8 Å². The first kappa shape index (κ1) is 21.4. The molecule has 2 aromatic carbocycles.